The number of rotatable bonds is 2. The molecule has 9 nitrogen and oxygen atoms in total. The van der Waals surface area contributed by atoms with Gasteiger partial charge in [0.05, 0.1) is 48.2 Å². The number of pyridine rings is 1. The third-order valence-electron chi connectivity index (χ3n) is 5.57. The van der Waals surface area contributed by atoms with Crippen molar-refractivity contribution < 1.29 is 14.3 Å². The predicted octanol–water partition coefficient (Wildman–Crippen LogP) is 3.19. The van der Waals surface area contributed by atoms with E-state index in [0.717, 1.165) is 39.1 Å². The van der Waals surface area contributed by atoms with Crippen LogP contribution in [0.5, 0.6) is 5.75 Å². The molecule has 1 aromatic carbocycles. The quantitative estimate of drug-likeness (QED) is 0.492. The van der Waals surface area contributed by atoms with E-state index in [1.807, 2.05) is 44.3 Å². The zero-order chi connectivity index (χ0) is 22.8. The van der Waals surface area contributed by atoms with E-state index in [4.69, 9.17) is 9.47 Å². The molecule has 2 bridgehead atoms. The number of fused-ring (bicyclic) bond motifs is 4. The number of aromatic nitrogens is 5. The molecular formula is C24H24N6O3. The molecule has 4 heterocycles. The minimum absolute atomic E-state index is 0.125. The highest BCUT2D eigenvalue weighted by Crippen LogP contribution is 2.28. The topological polar surface area (TPSA) is 107 Å². The van der Waals surface area contributed by atoms with Gasteiger partial charge in [0.2, 0.25) is 0 Å². The van der Waals surface area contributed by atoms with Crippen LogP contribution >= 0.6 is 0 Å². The Labute approximate surface area is 190 Å². The molecule has 0 saturated heterocycles. The maximum absolute atomic E-state index is 12.3. The number of aromatic amines is 1. The number of nitrogens with one attached hydrogen (secondary N) is 2. The SMILES string of the molecule is CCNC(=O)c1ccc2c(c1)/C=C/c1n[nH]c3cnc(cc13)-c1cnn(C)c1COCCO2. The maximum Gasteiger partial charge on any atom is 0.251 e. The highest BCUT2D eigenvalue weighted by Gasteiger charge is 2.15. The summed E-state index contributed by atoms with van der Waals surface area (Å²) in [6.07, 6.45) is 7.39. The molecule has 2 N–H and O–H groups in total. The average molecular weight is 444 g/mol. The van der Waals surface area contributed by atoms with Crippen LogP contribution in [0.2, 0.25) is 0 Å². The molecule has 0 atom stereocenters. The summed E-state index contributed by atoms with van der Waals surface area (Å²) in [5, 5.41) is 15.6. The van der Waals surface area contributed by atoms with Crippen molar-refractivity contribution in [3.05, 3.63) is 59.2 Å². The molecule has 0 saturated carbocycles. The Morgan fingerprint density at radius 3 is 3.00 bits per heavy atom. The third kappa shape index (κ3) is 4.10. The smallest absolute Gasteiger partial charge is 0.251 e. The van der Waals surface area contributed by atoms with Gasteiger partial charge in [0.15, 0.2) is 0 Å². The molecule has 1 aliphatic heterocycles. The van der Waals surface area contributed by atoms with Crippen molar-refractivity contribution in [3.63, 3.8) is 0 Å². The van der Waals surface area contributed by atoms with Crippen LogP contribution in [0.1, 0.15) is 34.2 Å². The standard InChI is InChI=1S/C24H24N6O3/c1-3-25-24(31)16-5-7-23-15(10-16)4-6-19-17-11-20(26-13-21(17)29-28-19)18-12-27-30(2)22(18)14-32-8-9-33-23/h4-7,10-13H,3,8-9,14H2,1-2H3,(H,25,31)(H,28,29)/b6-4+. The molecule has 33 heavy (non-hydrogen) atoms. The summed E-state index contributed by atoms with van der Waals surface area (Å²) >= 11 is 0. The Kier molecular flexibility index (Phi) is 5.62. The van der Waals surface area contributed by atoms with Crippen LogP contribution in [0.4, 0.5) is 0 Å². The van der Waals surface area contributed by atoms with E-state index in [9.17, 15) is 4.79 Å². The largest absolute Gasteiger partial charge is 0.491 e. The predicted molar refractivity (Wildman–Crippen MR) is 125 cm³/mol. The second-order valence-corrected chi connectivity index (χ2v) is 7.70. The number of benzene rings is 1. The minimum Gasteiger partial charge on any atom is -0.491 e. The van der Waals surface area contributed by atoms with Crippen LogP contribution < -0.4 is 10.1 Å². The molecule has 3 aromatic heterocycles. The summed E-state index contributed by atoms with van der Waals surface area (Å²) in [6, 6.07) is 7.39. The lowest BCUT2D eigenvalue weighted by molar-refractivity contribution is 0.0852. The number of aryl methyl sites for hydroxylation is 1. The van der Waals surface area contributed by atoms with Crippen LogP contribution in [0.15, 0.2) is 36.7 Å². The Bertz CT molecular complexity index is 1350. The third-order valence-corrected chi connectivity index (χ3v) is 5.57. The molecule has 1 aliphatic rings. The summed E-state index contributed by atoms with van der Waals surface area (Å²) in [5.41, 5.74) is 5.60. The van der Waals surface area contributed by atoms with Crippen molar-refractivity contribution >= 4 is 29.0 Å². The first kappa shape index (κ1) is 20.9. The van der Waals surface area contributed by atoms with Crippen LogP contribution in [0.3, 0.4) is 0 Å². The van der Waals surface area contributed by atoms with Crippen LogP contribution in [-0.4, -0.2) is 50.6 Å². The van der Waals surface area contributed by atoms with Gasteiger partial charge >= 0.3 is 0 Å². The first-order chi connectivity index (χ1) is 16.1. The van der Waals surface area contributed by atoms with Gasteiger partial charge < -0.3 is 14.8 Å². The first-order valence-corrected chi connectivity index (χ1v) is 10.8. The lowest BCUT2D eigenvalue weighted by Crippen LogP contribution is -2.22. The molecule has 168 valence electrons. The van der Waals surface area contributed by atoms with E-state index in [2.05, 4.69) is 25.6 Å². The summed E-state index contributed by atoms with van der Waals surface area (Å²) in [4.78, 5) is 16.9. The summed E-state index contributed by atoms with van der Waals surface area (Å²) in [6.45, 7) is 3.61. The molecule has 0 fully saturated rings. The monoisotopic (exact) mass is 444 g/mol. The van der Waals surface area contributed by atoms with Gasteiger partial charge in [-0.2, -0.15) is 10.2 Å². The Balaban J connectivity index is 1.60. The minimum atomic E-state index is -0.125. The van der Waals surface area contributed by atoms with Gasteiger partial charge in [-0.3, -0.25) is 19.6 Å². The average Bonchev–Trinajstić information content (AvgIpc) is 3.40. The number of carbonyl (C=O) groups is 1. The van der Waals surface area contributed by atoms with Crippen molar-refractivity contribution in [2.75, 3.05) is 19.8 Å². The zero-order valence-electron chi connectivity index (χ0n) is 18.5. The number of carbonyl (C=O) groups excluding carboxylic acids is 1. The summed E-state index contributed by atoms with van der Waals surface area (Å²) in [7, 11) is 1.89. The van der Waals surface area contributed by atoms with E-state index in [1.54, 1.807) is 23.1 Å². The molecule has 0 spiro atoms. The van der Waals surface area contributed by atoms with E-state index in [0.29, 0.717) is 37.7 Å². The number of hydrogen-bond donors (Lipinski definition) is 2. The number of ether oxygens (including phenoxy) is 2. The van der Waals surface area contributed by atoms with Gasteiger partial charge in [-0.05, 0) is 43.3 Å². The van der Waals surface area contributed by atoms with E-state index in [-0.39, 0.29) is 5.91 Å². The fourth-order valence-corrected chi connectivity index (χ4v) is 3.82. The van der Waals surface area contributed by atoms with Gasteiger partial charge in [-0.1, -0.05) is 0 Å². The molecule has 4 aromatic rings. The highest BCUT2D eigenvalue weighted by atomic mass is 16.5. The molecule has 5 rings (SSSR count). The second-order valence-electron chi connectivity index (χ2n) is 7.70. The fourth-order valence-electron chi connectivity index (χ4n) is 3.82. The molecule has 1 amide bonds. The van der Waals surface area contributed by atoms with Crippen LogP contribution in [-0.2, 0) is 18.4 Å². The maximum atomic E-state index is 12.3. The Hall–Kier alpha value is -3.98. The molecule has 0 radical (unpaired) electrons. The van der Waals surface area contributed by atoms with E-state index < -0.39 is 0 Å². The van der Waals surface area contributed by atoms with Gasteiger partial charge in [-0.25, -0.2) is 0 Å². The molecular weight excluding hydrogens is 420 g/mol. The lowest BCUT2D eigenvalue weighted by Gasteiger charge is -2.12. The van der Waals surface area contributed by atoms with Gasteiger partial charge in [0.1, 0.15) is 12.4 Å². The van der Waals surface area contributed by atoms with E-state index >= 15 is 0 Å². The van der Waals surface area contributed by atoms with E-state index in [1.165, 1.54) is 0 Å². The normalized spacial score (nSPS) is 14.6. The van der Waals surface area contributed by atoms with Crippen molar-refractivity contribution in [2.24, 2.45) is 7.05 Å². The van der Waals surface area contributed by atoms with Gasteiger partial charge in [0, 0.05) is 35.7 Å². The van der Waals surface area contributed by atoms with Gasteiger partial charge in [0.25, 0.3) is 5.91 Å². The first-order valence-electron chi connectivity index (χ1n) is 10.8. The van der Waals surface area contributed by atoms with Crippen molar-refractivity contribution in [2.45, 2.75) is 13.5 Å². The van der Waals surface area contributed by atoms with Crippen LogP contribution in [0.25, 0.3) is 34.3 Å². The number of H-pyrrole nitrogens is 1. The number of amides is 1. The molecule has 0 unspecified atom stereocenters. The highest BCUT2D eigenvalue weighted by molar-refractivity contribution is 5.96. The van der Waals surface area contributed by atoms with Gasteiger partial charge in [-0.15, -0.1) is 0 Å². The molecule has 9 heteroatoms. The molecule has 0 aliphatic carbocycles. The summed E-state index contributed by atoms with van der Waals surface area (Å²) < 4.78 is 13.7. The van der Waals surface area contributed by atoms with Crippen LogP contribution in [0, 0.1) is 0 Å². The van der Waals surface area contributed by atoms with Crippen molar-refractivity contribution in [3.8, 4) is 17.0 Å². The second kappa shape index (κ2) is 8.87. The summed E-state index contributed by atoms with van der Waals surface area (Å²) in [5.74, 6) is 0.543. The Morgan fingerprint density at radius 2 is 2.12 bits per heavy atom. The van der Waals surface area contributed by atoms with Crippen molar-refractivity contribution in [1.29, 1.82) is 0 Å². The number of hydrogen-bond acceptors (Lipinski definition) is 6. The zero-order valence-corrected chi connectivity index (χ0v) is 18.5. The number of nitrogens with zero attached hydrogens (tertiary/aromatic N) is 4. The Morgan fingerprint density at radius 1 is 1.21 bits per heavy atom. The fraction of sp³-hybridized carbons (Fsp3) is 0.250. The van der Waals surface area contributed by atoms with Crippen molar-refractivity contribution in [1.82, 2.24) is 30.3 Å². The lowest BCUT2D eigenvalue weighted by atomic mass is 10.1.